The van der Waals surface area contributed by atoms with E-state index in [1.807, 2.05) is 17.5 Å². The maximum absolute atomic E-state index is 10.5. The van der Waals surface area contributed by atoms with Crippen LogP contribution < -0.4 is 0 Å². The van der Waals surface area contributed by atoms with E-state index >= 15 is 0 Å². The lowest BCUT2D eigenvalue weighted by Gasteiger charge is -2.04. The lowest BCUT2D eigenvalue weighted by Crippen LogP contribution is -2.19. The van der Waals surface area contributed by atoms with Crippen LogP contribution in [-0.2, 0) is 16.1 Å². The summed E-state index contributed by atoms with van der Waals surface area (Å²) in [6, 6.07) is 3.75. The van der Waals surface area contributed by atoms with E-state index in [4.69, 9.17) is 14.3 Å². The van der Waals surface area contributed by atoms with Crippen LogP contribution in [0.3, 0.4) is 0 Å². The van der Waals surface area contributed by atoms with Crippen molar-refractivity contribution in [3.8, 4) is 10.8 Å². The van der Waals surface area contributed by atoms with Gasteiger partial charge in [-0.05, 0) is 18.4 Å². The van der Waals surface area contributed by atoms with Gasteiger partial charge in [0.15, 0.2) is 6.10 Å². The number of carbonyl (C=O) groups is 1. The van der Waals surface area contributed by atoms with Crippen molar-refractivity contribution < 1.29 is 19.1 Å². The average molecular weight is 254 g/mol. The van der Waals surface area contributed by atoms with E-state index in [0.717, 1.165) is 4.88 Å². The molecule has 0 aliphatic carbocycles. The maximum Gasteiger partial charge on any atom is 0.332 e. The normalized spacial score (nSPS) is 12.5. The Morgan fingerprint density at radius 3 is 3.12 bits per heavy atom. The number of hydrogen-bond acceptors (Lipinski definition) is 6. The summed E-state index contributed by atoms with van der Waals surface area (Å²) < 4.78 is 10.4. The lowest BCUT2D eigenvalue weighted by atomic mass is 10.4. The molecular weight excluding hydrogens is 244 g/mol. The smallest absolute Gasteiger partial charge is 0.332 e. The molecule has 0 saturated carbocycles. The third-order valence-corrected chi connectivity index (χ3v) is 2.86. The van der Waals surface area contributed by atoms with Crippen LogP contribution in [0.25, 0.3) is 10.8 Å². The first kappa shape index (κ1) is 11.7. The molecule has 0 bridgehead atoms. The third kappa shape index (κ3) is 2.89. The van der Waals surface area contributed by atoms with Crippen LogP contribution in [0.15, 0.2) is 21.9 Å². The molecule has 0 radical (unpaired) electrons. The number of carboxylic acid groups (broad SMARTS) is 1. The fraction of sp³-hybridized carbons (Fsp3) is 0.300. The molecule has 0 fully saturated rings. The molecule has 2 aromatic heterocycles. The Morgan fingerprint density at radius 2 is 2.47 bits per heavy atom. The van der Waals surface area contributed by atoms with E-state index < -0.39 is 12.1 Å². The molecular formula is C10H10N2O4S. The second-order valence-electron chi connectivity index (χ2n) is 3.27. The number of aromatic nitrogens is 2. The molecule has 2 aromatic rings. The van der Waals surface area contributed by atoms with Crippen molar-refractivity contribution in [1.29, 1.82) is 0 Å². The molecule has 2 rings (SSSR count). The van der Waals surface area contributed by atoms with E-state index in [1.54, 1.807) is 0 Å². The zero-order valence-corrected chi connectivity index (χ0v) is 9.81. The van der Waals surface area contributed by atoms with Gasteiger partial charge in [-0.3, -0.25) is 0 Å². The van der Waals surface area contributed by atoms with Crippen molar-refractivity contribution >= 4 is 17.3 Å². The van der Waals surface area contributed by atoms with Gasteiger partial charge in [-0.15, -0.1) is 21.5 Å². The number of nitrogens with zero attached hydrogens (tertiary/aromatic N) is 2. The molecule has 0 amide bonds. The van der Waals surface area contributed by atoms with E-state index in [2.05, 4.69) is 10.2 Å². The quantitative estimate of drug-likeness (QED) is 0.875. The molecule has 0 aliphatic heterocycles. The van der Waals surface area contributed by atoms with Gasteiger partial charge in [0.1, 0.15) is 6.61 Å². The van der Waals surface area contributed by atoms with Crippen molar-refractivity contribution in [2.75, 3.05) is 0 Å². The highest BCUT2D eigenvalue weighted by atomic mass is 32.1. The summed E-state index contributed by atoms with van der Waals surface area (Å²) >= 11 is 1.49. The van der Waals surface area contributed by atoms with Gasteiger partial charge in [-0.2, -0.15) is 0 Å². The zero-order chi connectivity index (χ0) is 12.3. The van der Waals surface area contributed by atoms with Crippen LogP contribution >= 0.6 is 11.3 Å². The summed E-state index contributed by atoms with van der Waals surface area (Å²) in [6.07, 6.45) is -0.896. The SMILES string of the molecule is C[C@@H](OCc1nnc(-c2cccs2)o1)C(=O)O. The number of rotatable bonds is 5. The topological polar surface area (TPSA) is 85.5 Å². The molecule has 17 heavy (non-hydrogen) atoms. The minimum atomic E-state index is -1.03. The Kier molecular flexibility index (Phi) is 3.50. The summed E-state index contributed by atoms with van der Waals surface area (Å²) in [6.45, 7) is 1.44. The van der Waals surface area contributed by atoms with E-state index in [0.29, 0.717) is 5.89 Å². The second kappa shape index (κ2) is 5.07. The van der Waals surface area contributed by atoms with Crippen LogP contribution in [0.2, 0.25) is 0 Å². The van der Waals surface area contributed by atoms with Gasteiger partial charge in [-0.1, -0.05) is 6.07 Å². The average Bonchev–Trinajstić information content (AvgIpc) is 2.95. The summed E-state index contributed by atoms with van der Waals surface area (Å²) in [5.74, 6) is -0.342. The summed E-state index contributed by atoms with van der Waals surface area (Å²) in [4.78, 5) is 11.4. The van der Waals surface area contributed by atoms with Crippen molar-refractivity contribution in [3.05, 3.63) is 23.4 Å². The Morgan fingerprint density at radius 1 is 1.65 bits per heavy atom. The van der Waals surface area contributed by atoms with Gasteiger partial charge in [0.05, 0.1) is 4.88 Å². The number of carboxylic acids is 1. The molecule has 0 aromatic carbocycles. The number of aliphatic carboxylic acids is 1. The van der Waals surface area contributed by atoms with E-state index in [1.165, 1.54) is 18.3 Å². The van der Waals surface area contributed by atoms with Crippen LogP contribution in [-0.4, -0.2) is 27.4 Å². The van der Waals surface area contributed by atoms with Crippen molar-refractivity contribution in [1.82, 2.24) is 10.2 Å². The molecule has 1 N–H and O–H groups in total. The van der Waals surface area contributed by atoms with E-state index in [9.17, 15) is 4.79 Å². The Labute approximate surface area is 101 Å². The lowest BCUT2D eigenvalue weighted by molar-refractivity contribution is -0.150. The first-order chi connectivity index (χ1) is 8.16. The molecule has 0 aliphatic rings. The fourth-order valence-corrected chi connectivity index (χ4v) is 1.72. The second-order valence-corrected chi connectivity index (χ2v) is 4.22. The predicted molar refractivity (Wildman–Crippen MR) is 59.5 cm³/mol. The Hall–Kier alpha value is -1.73. The van der Waals surface area contributed by atoms with Gasteiger partial charge < -0.3 is 14.3 Å². The predicted octanol–water partition coefficient (Wildman–Crippen LogP) is 1.79. The monoisotopic (exact) mass is 254 g/mol. The number of thiophene rings is 1. The number of ether oxygens (including phenoxy) is 1. The van der Waals surface area contributed by atoms with Crippen LogP contribution in [0.1, 0.15) is 12.8 Å². The molecule has 0 saturated heterocycles. The van der Waals surface area contributed by atoms with Crippen molar-refractivity contribution in [2.45, 2.75) is 19.6 Å². The molecule has 1 atom stereocenters. The van der Waals surface area contributed by atoms with Crippen molar-refractivity contribution in [3.63, 3.8) is 0 Å². The molecule has 7 heteroatoms. The molecule has 6 nitrogen and oxygen atoms in total. The van der Waals surface area contributed by atoms with Crippen LogP contribution in [0.4, 0.5) is 0 Å². The molecule has 90 valence electrons. The third-order valence-electron chi connectivity index (χ3n) is 2.00. The highest BCUT2D eigenvalue weighted by Crippen LogP contribution is 2.23. The molecule has 0 unspecified atom stereocenters. The highest BCUT2D eigenvalue weighted by molar-refractivity contribution is 7.13. The molecule has 2 heterocycles. The van der Waals surface area contributed by atoms with Crippen LogP contribution in [0, 0.1) is 0 Å². The Bertz CT molecular complexity index is 494. The summed E-state index contributed by atoms with van der Waals surface area (Å²) in [7, 11) is 0. The van der Waals surface area contributed by atoms with Gasteiger partial charge in [0.2, 0.25) is 5.89 Å². The minimum Gasteiger partial charge on any atom is -0.479 e. The largest absolute Gasteiger partial charge is 0.479 e. The van der Waals surface area contributed by atoms with Gasteiger partial charge in [0.25, 0.3) is 5.89 Å². The van der Waals surface area contributed by atoms with E-state index in [-0.39, 0.29) is 12.5 Å². The standard InChI is InChI=1S/C10H10N2O4S/c1-6(10(13)14)15-5-8-11-12-9(16-8)7-3-2-4-17-7/h2-4,6H,5H2,1H3,(H,13,14)/t6-/m1/s1. The number of hydrogen-bond donors (Lipinski definition) is 1. The fourth-order valence-electron chi connectivity index (χ4n) is 1.08. The molecule has 0 spiro atoms. The zero-order valence-electron chi connectivity index (χ0n) is 8.99. The Balaban J connectivity index is 1.97. The van der Waals surface area contributed by atoms with Gasteiger partial charge in [0, 0.05) is 0 Å². The maximum atomic E-state index is 10.5. The first-order valence-electron chi connectivity index (χ1n) is 4.87. The summed E-state index contributed by atoms with van der Waals surface area (Å²) in [5.41, 5.74) is 0. The highest BCUT2D eigenvalue weighted by Gasteiger charge is 2.14. The van der Waals surface area contributed by atoms with Gasteiger partial charge >= 0.3 is 5.97 Å². The summed E-state index contributed by atoms with van der Waals surface area (Å²) in [5, 5.41) is 18.2. The van der Waals surface area contributed by atoms with Crippen molar-refractivity contribution in [2.24, 2.45) is 0 Å². The minimum absolute atomic E-state index is 0.00809. The van der Waals surface area contributed by atoms with Crippen LogP contribution in [0.5, 0.6) is 0 Å². The first-order valence-corrected chi connectivity index (χ1v) is 5.75. The van der Waals surface area contributed by atoms with Gasteiger partial charge in [-0.25, -0.2) is 4.79 Å².